The fraction of sp³-hybridized carbons (Fsp3) is 0.222. The van der Waals surface area contributed by atoms with Crippen molar-refractivity contribution in [2.75, 3.05) is 5.32 Å². The molecule has 0 bridgehead atoms. The van der Waals surface area contributed by atoms with Crippen LogP contribution in [0.3, 0.4) is 0 Å². The molecule has 1 N–H and O–H groups in total. The van der Waals surface area contributed by atoms with Crippen LogP contribution in [-0.2, 0) is 4.79 Å². The van der Waals surface area contributed by atoms with Crippen molar-refractivity contribution in [3.05, 3.63) is 88.6 Å². The van der Waals surface area contributed by atoms with Gasteiger partial charge in [-0.05, 0) is 61.1 Å². The standard InChI is InChI=1S/C27H28N4O/c1-17(2)22-12-9-21(10-13-22)11-14-26(32)28-25-16-20(5)30-31(25)24-15-19(4)23-8-6-7-18(3)27(23)29-24/h6-17H,1-5H3,(H,28,32)/b14-11+. The van der Waals surface area contributed by atoms with Gasteiger partial charge in [-0.1, -0.05) is 56.3 Å². The Labute approximate surface area is 188 Å². The minimum absolute atomic E-state index is 0.215. The lowest BCUT2D eigenvalue weighted by Gasteiger charge is -2.11. The number of aromatic nitrogens is 3. The lowest BCUT2D eigenvalue weighted by atomic mass is 10.0. The molecule has 4 rings (SSSR count). The fourth-order valence-corrected chi connectivity index (χ4v) is 3.75. The Kier molecular flexibility index (Phi) is 5.91. The largest absolute Gasteiger partial charge is 0.307 e. The van der Waals surface area contributed by atoms with Crippen LogP contribution in [0.25, 0.3) is 22.8 Å². The van der Waals surface area contributed by atoms with E-state index in [0.717, 1.165) is 33.3 Å². The van der Waals surface area contributed by atoms with Gasteiger partial charge in [0.15, 0.2) is 5.82 Å². The maximum absolute atomic E-state index is 12.6. The Morgan fingerprint density at radius 1 is 1.00 bits per heavy atom. The molecule has 0 radical (unpaired) electrons. The molecule has 0 atom stereocenters. The number of hydrogen-bond donors (Lipinski definition) is 1. The number of hydrogen-bond acceptors (Lipinski definition) is 3. The van der Waals surface area contributed by atoms with E-state index >= 15 is 0 Å². The molecular weight excluding hydrogens is 396 g/mol. The average Bonchev–Trinajstić information content (AvgIpc) is 3.13. The molecule has 2 aromatic heterocycles. The van der Waals surface area contributed by atoms with Crippen LogP contribution in [0.4, 0.5) is 5.82 Å². The van der Waals surface area contributed by atoms with Gasteiger partial charge in [-0.15, -0.1) is 0 Å². The molecule has 2 heterocycles. The Hall–Kier alpha value is -3.73. The number of aryl methyl sites for hydroxylation is 3. The summed E-state index contributed by atoms with van der Waals surface area (Å²) < 4.78 is 1.69. The Morgan fingerprint density at radius 3 is 2.47 bits per heavy atom. The molecule has 0 fully saturated rings. The van der Waals surface area contributed by atoms with Gasteiger partial charge in [0.1, 0.15) is 5.82 Å². The Balaban J connectivity index is 1.59. The monoisotopic (exact) mass is 424 g/mol. The van der Waals surface area contributed by atoms with Crippen molar-refractivity contribution in [1.29, 1.82) is 0 Å². The summed E-state index contributed by atoms with van der Waals surface area (Å²) in [5.74, 6) is 1.54. The SMILES string of the molecule is Cc1cc(NC(=O)/C=C/c2ccc(C(C)C)cc2)n(-c2cc(C)c3cccc(C)c3n2)n1. The number of nitrogens with one attached hydrogen (secondary N) is 1. The third kappa shape index (κ3) is 4.47. The summed E-state index contributed by atoms with van der Waals surface area (Å²) in [6.45, 7) is 10.3. The van der Waals surface area contributed by atoms with Crippen LogP contribution in [0.5, 0.6) is 0 Å². The number of carbonyl (C=O) groups is 1. The molecular formula is C27H28N4O. The first-order valence-corrected chi connectivity index (χ1v) is 10.8. The predicted octanol–water partition coefficient (Wildman–Crippen LogP) is 6.12. The number of fused-ring (bicyclic) bond motifs is 1. The van der Waals surface area contributed by atoms with E-state index < -0.39 is 0 Å². The van der Waals surface area contributed by atoms with Crippen molar-refractivity contribution in [2.45, 2.75) is 40.5 Å². The second-order valence-corrected chi connectivity index (χ2v) is 8.50. The molecule has 0 aliphatic carbocycles. The van der Waals surface area contributed by atoms with Crippen molar-refractivity contribution < 1.29 is 4.79 Å². The third-order valence-corrected chi connectivity index (χ3v) is 5.56. The maximum Gasteiger partial charge on any atom is 0.249 e. The average molecular weight is 425 g/mol. The summed E-state index contributed by atoms with van der Waals surface area (Å²) >= 11 is 0. The number of nitrogens with zero attached hydrogens (tertiary/aromatic N) is 3. The van der Waals surface area contributed by atoms with Gasteiger partial charge in [0.25, 0.3) is 0 Å². The molecule has 32 heavy (non-hydrogen) atoms. The van der Waals surface area contributed by atoms with E-state index in [1.165, 1.54) is 5.56 Å². The topological polar surface area (TPSA) is 59.8 Å². The highest BCUT2D eigenvalue weighted by Gasteiger charge is 2.13. The van der Waals surface area contributed by atoms with Gasteiger partial charge in [-0.25, -0.2) is 4.98 Å². The summed E-state index contributed by atoms with van der Waals surface area (Å²) in [4.78, 5) is 17.5. The number of anilines is 1. The highest BCUT2D eigenvalue weighted by atomic mass is 16.1. The summed E-state index contributed by atoms with van der Waals surface area (Å²) in [5, 5.41) is 8.64. The molecule has 0 aliphatic heterocycles. The molecule has 0 saturated heterocycles. The summed E-state index contributed by atoms with van der Waals surface area (Å²) in [6.07, 6.45) is 3.36. The number of carbonyl (C=O) groups excluding carboxylic acids is 1. The van der Waals surface area contributed by atoms with Crippen molar-refractivity contribution in [3.63, 3.8) is 0 Å². The van der Waals surface area contributed by atoms with Gasteiger partial charge in [0.05, 0.1) is 11.2 Å². The molecule has 5 heteroatoms. The first-order chi connectivity index (χ1) is 15.3. The van der Waals surface area contributed by atoms with E-state index in [-0.39, 0.29) is 5.91 Å². The first-order valence-electron chi connectivity index (χ1n) is 10.8. The number of benzene rings is 2. The Bertz CT molecular complexity index is 1310. The minimum Gasteiger partial charge on any atom is -0.307 e. The molecule has 4 aromatic rings. The lowest BCUT2D eigenvalue weighted by molar-refractivity contribution is -0.111. The second-order valence-electron chi connectivity index (χ2n) is 8.50. The molecule has 1 amide bonds. The van der Waals surface area contributed by atoms with Crippen molar-refractivity contribution in [3.8, 4) is 5.82 Å². The number of rotatable bonds is 5. The van der Waals surface area contributed by atoms with Crippen LogP contribution in [0.15, 0.2) is 60.7 Å². The number of pyridine rings is 1. The summed E-state index contributed by atoms with van der Waals surface area (Å²) in [7, 11) is 0. The third-order valence-electron chi connectivity index (χ3n) is 5.56. The molecule has 0 spiro atoms. The quantitative estimate of drug-likeness (QED) is 0.393. The zero-order valence-electron chi connectivity index (χ0n) is 19.2. The van der Waals surface area contributed by atoms with Crippen LogP contribution >= 0.6 is 0 Å². The van der Waals surface area contributed by atoms with Crippen molar-refractivity contribution >= 4 is 28.7 Å². The van der Waals surface area contributed by atoms with Gasteiger partial charge in [0.2, 0.25) is 5.91 Å². The zero-order chi connectivity index (χ0) is 22.8. The van der Waals surface area contributed by atoms with Gasteiger partial charge in [-0.3, -0.25) is 4.79 Å². The van der Waals surface area contributed by atoms with Gasteiger partial charge in [0, 0.05) is 17.5 Å². The van der Waals surface area contributed by atoms with Crippen LogP contribution in [0.2, 0.25) is 0 Å². The van der Waals surface area contributed by atoms with Gasteiger partial charge >= 0.3 is 0 Å². The number of para-hydroxylation sites is 1. The molecule has 2 aromatic carbocycles. The van der Waals surface area contributed by atoms with Crippen molar-refractivity contribution in [1.82, 2.24) is 14.8 Å². The first kappa shape index (κ1) is 21.5. The summed E-state index contributed by atoms with van der Waals surface area (Å²) in [5.41, 5.74) is 6.23. The fourth-order valence-electron chi connectivity index (χ4n) is 3.75. The maximum atomic E-state index is 12.6. The lowest BCUT2D eigenvalue weighted by Crippen LogP contribution is -2.13. The smallest absolute Gasteiger partial charge is 0.249 e. The van der Waals surface area contributed by atoms with E-state index in [9.17, 15) is 4.79 Å². The molecule has 0 unspecified atom stereocenters. The van der Waals surface area contributed by atoms with Crippen LogP contribution in [0, 0.1) is 20.8 Å². The van der Waals surface area contributed by atoms with Gasteiger partial charge in [-0.2, -0.15) is 9.78 Å². The van der Waals surface area contributed by atoms with E-state index in [0.29, 0.717) is 17.6 Å². The van der Waals surface area contributed by atoms with E-state index in [1.54, 1.807) is 10.8 Å². The van der Waals surface area contributed by atoms with Crippen LogP contribution < -0.4 is 5.32 Å². The second kappa shape index (κ2) is 8.79. The predicted molar refractivity (Wildman–Crippen MR) is 131 cm³/mol. The number of amides is 1. The highest BCUT2D eigenvalue weighted by molar-refractivity contribution is 6.01. The van der Waals surface area contributed by atoms with E-state index in [1.807, 2.05) is 56.3 Å². The van der Waals surface area contributed by atoms with Crippen LogP contribution in [0.1, 0.15) is 47.7 Å². The van der Waals surface area contributed by atoms with E-state index in [4.69, 9.17) is 4.98 Å². The molecule has 0 saturated carbocycles. The molecule has 162 valence electrons. The molecule has 5 nitrogen and oxygen atoms in total. The summed E-state index contributed by atoms with van der Waals surface area (Å²) in [6, 6.07) is 18.2. The van der Waals surface area contributed by atoms with E-state index in [2.05, 4.69) is 49.4 Å². The zero-order valence-corrected chi connectivity index (χ0v) is 19.2. The Morgan fingerprint density at radius 2 is 1.75 bits per heavy atom. The highest BCUT2D eigenvalue weighted by Crippen LogP contribution is 2.24. The molecule has 0 aliphatic rings. The van der Waals surface area contributed by atoms with Crippen LogP contribution in [-0.4, -0.2) is 20.7 Å². The normalized spacial score (nSPS) is 11.6. The van der Waals surface area contributed by atoms with Crippen molar-refractivity contribution in [2.24, 2.45) is 0 Å². The minimum atomic E-state index is -0.215. The van der Waals surface area contributed by atoms with Gasteiger partial charge < -0.3 is 5.32 Å².